The second-order valence-electron chi connectivity index (χ2n) is 10.1. The minimum Gasteiger partial charge on any atom is -0.458 e. The zero-order valence-electron chi connectivity index (χ0n) is 21.1. The molecule has 2 saturated heterocycles. The molecule has 0 radical (unpaired) electrons. The minimum absolute atomic E-state index is 0.0470. The number of fused-ring (bicyclic) bond motifs is 1. The summed E-state index contributed by atoms with van der Waals surface area (Å²) in [4.78, 5) is 37.6. The van der Waals surface area contributed by atoms with Crippen LogP contribution in [0.1, 0.15) is 48.6 Å². The summed E-state index contributed by atoms with van der Waals surface area (Å²) in [6.45, 7) is 8.20. The van der Waals surface area contributed by atoms with E-state index in [2.05, 4.69) is 43.1 Å². The number of hydrogen-bond acceptors (Lipinski definition) is 10. The lowest BCUT2D eigenvalue weighted by Crippen LogP contribution is -2.48. The number of anilines is 1. The van der Waals surface area contributed by atoms with Crippen LogP contribution in [0.2, 0.25) is 0 Å². The Morgan fingerprint density at radius 2 is 2.08 bits per heavy atom. The van der Waals surface area contributed by atoms with Crippen LogP contribution in [0.15, 0.2) is 23.3 Å². The molecule has 1 amide bonds. The summed E-state index contributed by atoms with van der Waals surface area (Å²) < 4.78 is 16.3. The zero-order chi connectivity index (χ0) is 25.1. The molecule has 0 aliphatic carbocycles. The summed E-state index contributed by atoms with van der Waals surface area (Å²) >= 11 is 0. The smallest absolute Gasteiger partial charge is 0.322 e. The molecule has 1 N–H and O–H groups in total. The normalized spacial score (nSPS) is 19.8. The van der Waals surface area contributed by atoms with Gasteiger partial charge in [-0.25, -0.2) is 0 Å². The molecule has 3 aliphatic heterocycles. The maximum absolute atomic E-state index is 12.9. The van der Waals surface area contributed by atoms with Crippen LogP contribution < -0.4 is 15.0 Å². The Hall–Kier alpha value is -3.18. The third-order valence-corrected chi connectivity index (χ3v) is 6.82. The molecule has 2 fully saturated rings. The Kier molecular flexibility index (Phi) is 7.10. The van der Waals surface area contributed by atoms with Gasteiger partial charge in [-0.3, -0.25) is 14.8 Å². The fraction of sp³-hybridized carbons (Fsp3) is 0.600. The van der Waals surface area contributed by atoms with Crippen LogP contribution in [-0.2, 0) is 16.0 Å². The second-order valence-corrected chi connectivity index (χ2v) is 10.1. The molecule has 0 bridgehead atoms. The first-order valence-electron chi connectivity index (χ1n) is 12.5. The van der Waals surface area contributed by atoms with E-state index in [1.807, 2.05) is 19.2 Å². The van der Waals surface area contributed by atoms with Crippen molar-refractivity contribution in [3.8, 4) is 6.01 Å². The van der Waals surface area contributed by atoms with E-state index in [4.69, 9.17) is 19.2 Å². The van der Waals surface area contributed by atoms with E-state index in [1.165, 1.54) is 5.56 Å². The van der Waals surface area contributed by atoms with Crippen molar-refractivity contribution in [1.82, 2.24) is 25.3 Å². The lowest BCUT2D eigenvalue weighted by atomic mass is 9.88. The maximum Gasteiger partial charge on any atom is 0.322 e. The average Bonchev–Trinajstić information content (AvgIpc) is 3.30. The quantitative estimate of drug-likeness (QED) is 0.553. The van der Waals surface area contributed by atoms with E-state index in [9.17, 15) is 4.79 Å². The fourth-order valence-electron chi connectivity index (χ4n) is 4.76. The largest absolute Gasteiger partial charge is 0.458 e. The van der Waals surface area contributed by atoms with E-state index in [0.717, 1.165) is 37.3 Å². The van der Waals surface area contributed by atoms with Crippen molar-refractivity contribution >= 4 is 17.6 Å². The van der Waals surface area contributed by atoms with Crippen LogP contribution in [0.4, 0.5) is 5.95 Å². The lowest BCUT2D eigenvalue weighted by molar-refractivity contribution is -0.0978. The van der Waals surface area contributed by atoms with Crippen LogP contribution in [0.3, 0.4) is 0 Å². The third kappa shape index (κ3) is 5.31. The van der Waals surface area contributed by atoms with Gasteiger partial charge in [0.25, 0.3) is 5.91 Å². The number of aromatic nitrogens is 4. The van der Waals surface area contributed by atoms with Gasteiger partial charge in [-0.15, -0.1) is 0 Å². The van der Waals surface area contributed by atoms with Crippen molar-refractivity contribution in [2.75, 3.05) is 51.5 Å². The average molecular weight is 496 g/mol. The Balaban J connectivity index is 1.30. The Labute approximate surface area is 210 Å². The molecule has 0 unspecified atom stereocenters. The molecule has 11 heteroatoms. The van der Waals surface area contributed by atoms with E-state index in [-0.39, 0.29) is 29.3 Å². The highest BCUT2D eigenvalue weighted by atomic mass is 16.5. The number of hydrogen-bond donors (Lipinski definition) is 1. The molecule has 5 heterocycles. The van der Waals surface area contributed by atoms with Crippen LogP contribution in [0, 0.1) is 11.3 Å². The number of carbonyl (C=O) groups is 1. The van der Waals surface area contributed by atoms with Crippen molar-refractivity contribution in [3.63, 3.8) is 0 Å². The van der Waals surface area contributed by atoms with Crippen molar-refractivity contribution in [1.29, 1.82) is 0 Å². The number of methoxy groups -OCH3 is 1. The van der Waals surface area contributed by atoms with Gasteiger partial charge in [0.05, 0.1) is 32.1 Å². The van der Waals surface area contributed by atoms with Gasteiger partial charge in [0.15, 0.2) is 0 Å². The van der Waals surface area contributed by atoms with Crippen LogP contribution in [0.5, 0.6) is 6.01 Å². The standard InChI is InChI=1S/C25H33N7O4/c1-16(12-34-3)36-24-30-21(22(33)28-13-25(2)14-35-15-25)29-23(31-24)32-9-6-17(7-10-32)20-18-5-4-8-26-19(18)11-27-20/h4-5,8,16-17H,6-7,9-15H2,1-3H3,(H,28,33)/t16-/m1/s1. The third-order valence-electron chi connectivity index (χ3n) is 6.82. The van der Waals surface area contributed by atoms with Crippen molar-refractivity contribution < 1.29 is 19.0 Å². The first-order chi connectivity index (χ1) is 17.4. The maximum atomic E-state index is 12.9. The molecule has 192 valence electrons. The molecule has 2 aromatic heterocycles. The molecule has 1 atom stereocenters. The molecule has 2 aromatic rings. The summed E-state index contributed by atoms with van der Waals surface area (Å²) in [7, 11) is 1.61. The van der Waals surface area contributed by atoms with Gasteiger partial charge in [-0.05, 0) is 31.9 Å². The van der Waals surface area contributed by atoms with Gasteiger partial charge in [-0.1, -0.05) is 6.92 Å². The van der Waals surface area contributed by atoms with Crippen LogP contribution in [-0.4, -0.2) is 84.2 Å². The SMILES string of the molecule is COC[C@@H](C)Oc1nc(C(=O)NCC2(C)COC2)nc(N2CCC(C3=NCc4ncccc43)CC2)n1. The molecular weight excluding hydrogens is 462 g/mol. The van der Waals surface area contributed by atoms with Gasteiger partial charge in [-0.2, -0.15) is 15.0 Å². The summed E-state index contributed by atoms with van der Waals surface area (Å²) in [6.07, 6.45) is 3.37. The molecule has 0 saturated carbocycles. The van der Waals surface area contributed by atoms with E-state index >= 15 is 0 Å². The van der Waals surface area contributed by atoms with Gasteiger partial charge >= 0.3 is 6.01 Å². The number of piperidine rings is 1. The summed E-state index contributed by atoms with van der Waals surface area (Å²) in [5.41, 5.74) is 3.32. The molecule has 3 aliphatic rings. The molecule has 11 nitrogen and oxygen atoms in total. The summed E-state index contributed by atoms with van der Waals surface area (Å²) in [5, 5.41) is 2.94. The molecule has 0 spiro atoms. The fourth-order valence-corrected chi connectivity index (χ4v) is 4.76. The van der Waals surface area contributed by atoms with Gasteiger partial charge in [0.2, 0.25) is 11.8 Å². The van der Waals surface area contributed by atoms with Crippen molar-refractivity contribution in [2.24, 2.45) is 16.3 Å². The predicted octanol–water partition coefficient (Wildman–Crippen LogP) is 1.67. The highest BCUT2D eigenvalue weighted by molar-refractivity contribution is 6.04. The minimum atomic E-state index is -0.352. The number of nitrogens with one attached hydrogen (secondary N) is 1. The molecule has 36 heavy (non-hydrogen) atoms. The number of aliphatic imine (C=N–C) groups is 1. The highest BCUT2D eigenvalue weighted by Crippen LogP contribution is 2.29. The number of rotatable bonds is 9. The number of nitrogens with zero attached hydrogens (tertiary/aromatic N) is 6. The first-order valence-corrected chi connectivity index (χ1v) is 12.5. The first kappa shape index (κ1) is 24.5. The van der Waals surface area contributed by atoms with Crippen molar-refractivity contribution in [3.05, 3.63) is 35.4 Å². The summed E-state index contributed by atoms with van der Waals surface area (Å²) in [5.74, 6) is 0.502. The zero-order valence-corrected chi connectivity index (χ0v) is 21.1. The lowest BCUT2D eigenvalue weighted by Gasteiger charge is -2.37. The highest BCUT2D eigenvalue weighted by Gasteiger charge is 2.34. The molecule has 5 rings (SSSR count). The topological polar surface area (TPSA) is 124 Å². The Morgan fingerprint density at radius 1 is 1.28 bits per heavy atom. The van der Waals surface area contributed by atoms with E-state index in [0.29, 0.717) is 44.8 Å². The number of amides is 1. The Bertz CT molecular complexity index is 1130. The second kappa shape index (κ2) is 10.4. The predicted molar refractivity (Wildman–Crippen MR) is 132 cm³/mol. The van der Waals surface area contributed by atoms with Crippen LogP contribution >= 0.6 is 0 Å². The Morgan fingerprint density at radius 3 is 2.81 bits per heavy atom. The monoisotopic (exact) mass is 495 g/mol. The van der Waals surface area contributed by atoms with E-state index < -0.39 is 0 Å². The van der Waals surface area contributed by atoms with Gasteiger partial charge in [0, 0.05) is 55.5 Å². The summed E-state index contributed by atoms with van der Waals surface area (Å²) in [6, 6.07) is 4.20. The van der Waals surface area contributed by atoms with Gasteiger partial charge in [0.1, 0.15) is 6.10 Å². The number of pyridine rings is 1. The molecular formula is C25H33N7O4. The van der Waals surface area contributed by atoms with Crippen molar-refractivity contribution in [2.45, 2.75) is 39.3 Å². The van der Waals surface area contributed by atoms with Crippen LogP contribution in [0.25, 0.3) is 0 Å². The number of ether oxygens (including phenoxy) is 3. The van der Waals surface area contributed by atoms with Gasteiger partial charge < -0.3 is 24.4 Å². The van der Waals surface area contributed by atoms with E-state index in [1.54, 1.807) is 7.11 Å². The number of carbonyl (C=O) groups excluding carboxylic acids is 1. The molecule has 0 aromatic carbocycles.